The lowest BCUT2D eigenvalue weighted by Crippen LogP contribution is -2.35. The van der Waals surface area contributed by atoms with Crippen molar-refractivity contribution < 1.29 is 4.74 Å². The van der Waals surface area contributed by atoms with Gasteiger partial charge in [-0.3, -0.25) is 0 Å². The Morgan fingerprint density at radius 3 is 2.62 bits per heavy atom. The first-order valence-electron chi connectivity index (χ1n) is 6.78. The smallest absolute Gasteiger partial charge is 0.0591 e. The highest BCUT2D eigenvalue weighted by molar-refractivity contribution is 4.76. The minimum atomic E-state index is 0.741. The van der Waals surface area contributed by atoms with Crippen LogP contribution in [0.4, 0.5) is 0 Å². The van der Waals surface area contributed by atoms with Gasteiger partial charge in [-0.25, -0.2) is 0 Å². The average Bonchev–Trinajstić information content (AvgIpc) is 2.34. The molecule has 16 heavy (non-hydrogen) atoms. The maximum absolute atomic E-state index is 5.47. The molecule has 0 saturated heterocycles. The van der Waals surface area contributed by atoms with Crippen LogP contribution in [0.2, 0.25) is 0 Å². The molecule has 94 valence electrons. The largest absolute Gasteiger partial charge is 0.380 e. The van der Waals surface area contributed by atoms with Crippen LogP contribution in [-0.2, 0) is 4.74 Å². The Morgan fingerprint density at radius 1 is 1.25 bits per heavy atom. The highest BCUT2D eigenvalue weighted by atomic mass is 16.5. The summed E-state index contributed by atoms with van der Waals surface area (Å²) in [4.78, 5) is 0. The van der Waals surface area contributed by atoms with E-state index < -0.39 is 0 Å². The van der Waals surface area contributed by atoms with Crippen molar-refractivity contribution in [1.29, 1.82) is 0 Å². The second-order valence-electron chi connectivity index (χ2n) is 4.77. The van der Waals surface area contributed by atoms with Crippen LogP contribution < -0.4 is 5.32 Å². The molecule has 0 aromatic carbocycles. The Hall–Kier alpha value is -0.340. The van der Waals surface area contributed by atoms with Crippen LogP contribution in [0, 0.1) is 5.92 Å². The van der Waals surface area contributed by atoms with Gasteiger partial charge in [0.05, 0.1) is 13.2 Å². The van der Waals surface area contributed by atoms with Crippen LogP contribution in [0.25, 0.3) is 0 Å². The van der Waals surface area contributed by atoms with E-state index in [1.165, 1.54) is 32.1 Å². The summed E-state index contributed by atoms with van der Waals surface area (Å²) >= 11 is 0. The average molecular weight is 225 g/mol. The van der Waals surface area contributed by atoms with Crippen LogP contribution in [-0.4, -0.2) is 25.8 Å². The normalized spacial score (nSPS) is 25.6. The van der Waals surface area contributed by atoms with Gasteiger partial charge in [-0.1, -0.05) is 19.4 Å². The molecule has 0 radical (unpaired) electrons. The number of rotatable bonds is 8. The Labute approximate surface area is 100 Å². The van der Waals surface area contributed by atoms with Crippen molar-refractivity contribution in [3.63, 3.8) is 0 Å². The van der Waals surface area contributed by atoms with Gasteiger partial charge < -0.3 is 10.1 Å². The van der Waals surface area contributed by atoms with Gasteiger partial charge in [0.1, 0.15) is 0 Å². The van der Waals surface area contributed by atoms with E-state index >= 15 is 0 Å². The Morgan fingerprint density at radius 2 is 2.00 bits per heavy atom. The standard InChI is InChI=1S/C14H27NO/c1-3-5-11-16-12-10-15-14-8-6-13(4-2)7-9-14/h3,13-15H,1,4-12H2,2H3. The van der Waals surface area contributed by atoms with E-state index in [2.05, 4.69) is 18.8 Å². The van der Waals surface area contributed by atoms with Crippen molar-refractivity contribution in [1.82, 2.24) is 5.32 Å². The molecule has 1 fully saturated rings. The van der Waals surface area contributed by atoms with Gasteiger partial charge in [0.15, 0.2) is 0 Å². The SMILES string of the molecule is C=CCCOCCNC1CCC(CC)CC1. The minimum Gasteiger partial charge on any atom is -0.380 e. The fourth-order valence-corrected chi connectivity index (χ4v) is 2.38. The van der Waals surface area contributed by atoms with Crippen molar-refractivity contribution in [3.05, 3.63) is 12.7 Å². The zero-order chi connectivity index (χ0) is 11.6. The Kier molecular flexibility index (Phi) is 7.52. The van der Waals surface area contributed by atoms with Gasteiger partial charge in [-0.2, -0.15) is 0 Å². The van der Waals surface area contributed by atoms with E-state index in [-0.39, 0.29) is 0 Å². The molecule has 0 aliphatic heterocycles. The first kappa shape index (κ1) is 13.7. The van der Waals surface area contributed by atoms with Crippen molar-refractivity contribution in [2.75, 3.05) is 19.8 Å². The molecule has 0 atom stereocenters. The molecule has 1 saturated carbocycles. The van der Waals surface area contributed by atoms with Gasteiger partial charge in [0, 0.05) is 12.6 Å². The summed E-state index contributed by atoms with van der Waals surface area (Å²) in [7, 11) is 0. The van der Waals surface area contributed by atoms with Crippen LogP contribution in [0.5, 0.6) is 0 Å². The summed E-state index contributed by atoms with van der Waals surface area (Å²) in [5, 5.41) is 3.59. The van der Waals surface area contributed by atoms with E-state index in [1.54, 1.807) is 0 Å². The summed E-state index contributed by atoms with van der Waals surface area (Å²) in [5.41, 5.74) is 0. The van der Waals surface area contributed by atoms with Gasteiger partial charge in [-0.15, -0.1) is 6.58 Å². The summed E-state index contributed by atoms with van der Waals surface area (Å²) in [6.07, 6.45) is 9.74. The molecular weight excluding hydrogens is 198 g/mol. The van der Waals surface area contributed by atoms with Crippen LogP contribution in [0.3, 0.4) is 0 Å². The highest BCUT2D eigenvalue weighted by Crippen LogP contribution is 2.26. The second kappa shape index (κ2) is 8.77. The van der Waals surface area contributed by atoms with Gasteiger partial charge in [0.2, 0.25) is 0 Å². The Bertz CT molecular complexity index is 174. The van der Waals surface area contributed by atoms with Crippen LogP contribution >= 0.6 is 0 Å². The number of nitrogens with one attached hydrogen (secondary N) is 1. The lowest BCUT2D eigenvalue weighted by Gasteiger charge is -2.28. The molecule has 1 rings (SSSR count). The third-order valence-electron chi connectivity index (χ3n) is 3.57. The van der Waals surface area contributed by atoms with E-state index in [0.29, 0.717) is 0 Å². The molecule has 0 aromatic rings. The van der Waals surface area contributed by atoms with E-state index in [1.807, 2.05) is 6.08 Å². The van der Waals surface area contributed by atoms with Crippen molar-refractivity contribution in [2.45, 2.75) is 51.5 Å². The molecule has 1 aliphatic carbocycles. The number of hydrogen-bond acceptors (Lipinski definition) is 2. The predicted molar refractivity (Wildman–Crippen MR) is 69.7 cm³/mol. The third kappa shape index (κ3) is 5.66. The van der Waals surface area contributed by atoms with Gasteiger partial charge in [-0.05, 0) is 38.0 Å². The predicted octanol–water partition coefficient (Wildman–Crippen LogP) is 3.14. The molecule has 0 unspecified atom stereocenters. The molecular formula is C14H27NO. The zero-order valence-corrected chi connectivity index (χ0v) is 10.7. The number of ether oxygens (including phenoxy) is 1. The first-order valence-corrected chi connectivity index (χ1v) is 6.78. The quantitative estimate of drug-likeness (QED) is 0.506. The van der Waals surface area contributed by atoms with Gasteiger partial charge >= 0.3 is 0 Å². The zero-order valence-electron chi connectivity index (χ0n) is 10.7. The molecule has 0 heterocycles. The fourth-order valence-electron chi connectivity index (χ4n) is 2.38. The molecule has 0 spiro atoms. The molecule has 1 N–H and O–H groups in total. The second-order valence-corrected chi connectivity index (χ2v) is 4.77. The maximum Gasteiger partial charge on any atom is 0.0591 e. The monoisotopic (exact) mass is 225 g/mol. The van der Waals surface area contributed by atoms with Crippen molar-refractivity contribution in [3.8, 4) is 0 Å². The lowest BCUT2D eigenvalue weighted by molar-refractivity contribution is 0.135. The first-order chi connectivity index (χ1) is 7.86. The molecule has 2 heteroatoms. The maximum atomic E-state index is 5.47. The molecule has 2 nitrogen and oxygen atoms in total. The molecule has 0 amide bonds. The van der Waals surface area contributed by atoms with E-state index in [0.717, 1.165) is 38.1 Å². The fraction of sp³-hybridized carbons (Fsp3) is 0.857. The summed E-state index contributed by atoms with van der Waals surface area (Å²) in [6.45, 7) is 8.63. The van der Waals surface area contributed by atoms with Crippen molar-refractivity contribution >= 4 is 0 Å². The Balaban J connectivity index is 1.92. The number of hydrogen-bond donors (Lipinski definition) is 1. The summed E-state index contributed by atoms with van der Waals surface area (Å²) in [6, 6.07) is 0.741. The minimum absolute atomic E-state index is 0.741. The third-order valence-corrected chi connectivity index (χ3v) is 3.57. The summed E-state index contributed by atoms with van der Waals surface area (Å²) < 4.78 is 5.47. The molecule has 1 aliphatic rings. The van der Waals surface area contributed by atoms with Crippen LogP contribution in [0.15, 0.2) is 12.7 Å². The van der Waals surface area contributed by atoms with Crippen molar-refractivity contribution in [2.24, 2.45) is 5.92 Å². The lowest BCUT2D eigenvalue weighted by atomic mass is 9.84. The topological polar surface area (TPSA) is 21.3 Å². The summed E-state index contributed by atoms with van der Waals surface area (Å²) in [5.74, 6) is 0.988. The highest BCUT2D eigenvalue weighted by Gasteiger charge is 2.18. The van der Waals surface area contributed by atoms with Crippen LogP contribution in [0.1, 0.15) is 45.4 Å². The van der Waals surface area contributed by atoms with E-state index in [9.17, 15) is 0 Å². The van der Waals surface area contributed by atoms with E-state index in [4.69, 9.17) is 4.74 Å². The van der Waals surface area contributed by atoms with Gasteiger partial charge in [0.25, 0.3) is 0 Å². The molecule has 0 aromatic heterocycles. The molecule has 0 bridgehead atoms.